The first kappa shape index (κ1) is 12.5. The first-order chi connectivity index (χ1) is 9.15. The first-order valence-electron chi connectivity index (χ1n) is 6.92. The smallest absolute Gasteiger partial charge is 0.260 e. The molecule has 0 aromatic heterocycles. The van der Waals surface area contributed by atoms with Crippen LogP contribution >= 0.6 is 0 Å². The van der Waals surface area contributed by atoms with E-state index in [4.69, 9.17) is 10.5 Å². The van der Waals surface area contributed by atoms with Crippen molar-refractivity contribution in [2.45, 2.75) is 37.8 Å². The molecule has 1 unspecified atom stereocenters. The highest BCUT2D eigenvalue weighted by Crippen LogP contribution is 2.32. The number of hydrogen-bond acceptors (Lipinski definition) is 3. The van der Waals surface area contributed by atoms with Gasteiger partial charge in [0.1, 0.15) is 5.75 Å². The summed E-state index contributed by atoms with van der Waals surface area (Å²) < 4.78 is 5.60. The van der Waals surface area contributed by atoms with Crippen LogP contribution in [0.3, 0.4) is 0 Å². The second kappa shape index (κ2) is 4.85. The Labute approximate surface area is 113 Å². The summed E-state index contributed by atoms with van der Waals surface area (Å²) in [7, 11) is 1.85. The summed E-state index contributed by atoms with van der Waals surface area (Å²) in [6.45, 7) is 0.123. The van der Waals surface area contributed by atoms with E-state index >= 15 is 0 Å². The number of benzene rings is 1. The number of carbonyl (C=O) groups excluding carboxylic acids is 1. The Bertz CT molecular complexity index is 497. The number of fused-ring (bicyclic) bond motifs is 1. The maximum Gasteiger partial charge on any atom is 0.260 e. The molecule has 3 rings (SSSR count). The minimum Gasteiger partial charge on any atom is -0.484 e. The van der Waals surface area contributed by atoms with Crippen molar-refractivity contribution in [3.8, 4) is 5.75 Å². The van der Waals surface area contributed by atoms with Crippen LogP contribution in [0, 0.1) is 0 Å². The average molecular weight is 260 g/mol. The van der Waals surface area contributed by atoms with Crippen LogP contribution in [0.4, 0.5) is 0 Å². The minimum atomic E-state index is 0.0553. The summed E-state index contributed by atoms with van der Waals surface area (Å²) in [5.41, 5.74) is 8.47. The highest BCUT2D eigenvalue weighted by molar-refractivity contribution is 5.78. The largest absolute Gasteiger partial charge is 0.484 e. The molecule has 0 radical (unpaired) electrons. The molecule has 2 aliphatic rings. The Hall–Kier alpha value is -1.55. The molecule has 0 spiro atoms. The van der Waals surface area contributed by atoms with Crippen LogP contribution in [0.1, 0.15) is 36.4 Å². The normalized spacial score (nSPS) is 21.1. The van der Waals surface area contributed by atoms with Crippen molar-refractivity contribution < 1.29 is 9.53 Å². The number of nitrogens with two attached hydrogens (primary N) is 1. The van der Waals surface area contributed by atoms with Gasteiger partial charge < -0.3 is 15.4 Å². The van der Waals surface area contributed by atoms with E-state index in [2.05, 4.69) is 0 Å². The van der Waals surface area contributed by atoms with Gasteiger partial charge in [-0.3, -0.25) is 4.79 Å². The van der Waals surface area contributed by atoms with Crippen LogP contribution in [0.15, 0.2) is 18.2 Å². The molecule has 0 aliphatic heterocycles. The summed E-state index contributed by atoms with van der Waals surface area (Å²) in [5.74, 6) is 0.824. The number of aryl methyl sites for hydroxylation is 1. The number of nitrogens with zero attached hydrogens (tertiary/aromatic N) is 1. The Kier molecular flexibility index (Phi) is 3.19. The van der Waals surface area contributed by atoms with E-state index in [1.54, 1.807) is 4.90 Å². The number of rotatable bonds is 4. The number of amides is 1. The van der Waals surface area contributed by atoms with Gasteiger partial charge >= 0.3 is 0 Å². The molecular formula is C15H20N2O2. The molecule has 1 fully saturated rings. The molecular weight excluding hydrogens is 240 g/mol. The van der Waals surface area contributed by atoms with Crippen LogP contribution < -0.4 is 10.5 Å². The number of carbonyl (C=O) groups is 1. The maximum atomic E-state index is 11.9. The lowest BCUT2D eigenvalue weighted by atomic mass is 10.1. The van der Waals surface area contributed by atoms with Crippen LogP contribution in [0.2, 0.25) is 0 Å². The Morgan fingerprint density at radius 3 is 2.95 bits per heavy atom. The van der Waals surface area contributed by atoms with Gasteiger partial charge in [-0.2, -0.15) is 0 Å². The fourth-order valence-electron chi connectivity index (χ4n) is 2.63. The number of hydrogen-bond donors (Lipinski definition) is 1. The molecule has 1 aromatic carbocycles. The van der Waals surface area contributed by atoms with Gasteiger partial charge in [0.2, 0.25) is 0 Å². The first-order valence-corrected chi connectivity index (χ1v) is 6.92. The second-order valence-corrected chi connectivity index (χ2v) is 5.53. The standard InChI is InChI=1S/C15H20N2O2/c1-17(11-3-4-11)15(18)9-19-12-5-6-13-10(8-12)2-7-14(13)16/h5-6,8,11,14H,2-4,7,9,16H2,1H3. The van der Waals surface area contributed by atoms with Crippen LogP contribution in [-0.2, 0) is 11.2 Å². The van der Waals surface area contributed by atoms with E-state index in [0.717, 1.165) is 31.4 Å². The quantitative estimate of drug-likeness (QED) is 0.895. The zero-order valence-electron chi connectivity index (χ0n) is 11.3. The van der Waals surface area contributed by atoms with Gasteiger partial charge in [-0.05, 0) is 48.9 Å². The lowest BCUT2D eigenvalue weighted by Gasteiger charge is -2.16. The highest BCUT2D eigenvalue weighted by atomic mass is 16.5. The summed E-state index contributed by atoms with van der Waals surface area (Å²) in [5, 5.41) is 0. The van der Waals surface area contributed by atoms with Gasteiger partial charge in [-0.15, -0.1) is 0 Å². The zero-order chi connectivity index (χ0) is 13.4. The van der Waals surface area contributed by atoms with Crippen LogP contribution in [0.25, 0.3) is 0 Å². The van der Waals surface area contributed by atoms with Crippen molar-refractivity contribution in [2.75, 3.05) is 13.7 Å². The average Bonchev–Trinajstić information content (AvgIpc) is 3.20. The lowest BCUT2D eigenvalue weighted by Crippen LogP contribution is -2.33. The van der Waals surface area contributed by atoms with Crippen molar-refractivity contribution in [3.63, 3.8) is 0 Å². The SMILES string of the molecule is CN(C(=O)COc1ccc2c(c1)CCC2N)C1CC1. The Balaban J connectivity index is 1.60. The molecule has 0 saturated heterocycles. The van der Waals surface area contributed by atoms with Gasteiger partial charge in [0.15, 0.2) is 6.61 Å². The van der Waals surface area contributed by atoms with E-state index in [-0.39, 0.29) is 18.6 Å². The Morgan fingerprint density at radius 1 is 1.42 bits per heavy atom. The van der Waals surface area contributed by atoms with E-state index in [1.165, 1.54) is 11.1 Å². The van der Waals surface area contributed by atoms with Crippen molar-refractivity contribution >= 4 is 5.91 Å². The highest BCUT2D eigenvalue weighted by Gasteiger charge is 2.29. The van der Waals surface area contributed by atoms with E-state index in [0.29, 0.717) is 6.04 Å². The molecule has 4 nitrogen and oxygen atoms in total. The molecule has 2 aliphatic carbocycles. The lowest BCUT2D eigenvalue weighted by molar-refractivity contribution is -0.132. The number of ether oxygens (including phenoxy) is 1. The summed E-state index contributed by atoms with van der Waals surface area (Å²) in [4.78, 5) is 13.7. The molecule has 4 heteroatoms. The van der Waals surface area contributed by atoms with Crippen molar-refractivity contribution in [1.82, 2.24) is 4.90 Å². The van der Waals surface area contributed by atoms with Crippen molar-refractivity contribution in [3.05, 3.63) is 29.3 Å². The molecule has 19 heavy (non-hydrogen) atoms. The molecule has 1 saturated carbocycles. The summed E-state index contributed by atoms with van der Waals surface area (Å²) in [6.07, 6.45) is 4.25. The monoisotopic (exact) mass is 260 g/mol. The second-order valence-electron chi connectivity index (χ2n) is 5.53. The van der Waals surface area contributed by atoms with E-state index in [1.807, 2.05) is 25.2 Å². The van der Waals surface area contributed by atoms with Gasteiger partial charge in [0, 0.05) is 19.1 Å². The fraction of sp³-hybridized carbons (Fsp3) is 0.533. The fourth-order valence-corrected chi connectivity index (χ4v) is 2.63. The van der Waals surface area contributed by atoms with E-state index in [9.17, 15) is 4.79 Å². The third-order valence-corrected chi connectivity index (χ3v) is 4.09. The van der Waals surface area contributed by atoms with Gasteiger partial charge in [0.25, 0.3) is 5.91 Å². The number of likely N-dealkylation sites (N-methyl/N-ethyl adjacent to an activating group) is 1. The molecule has 102 valence electrons. The maximum absolute atomic E-state index is 11.9. The molecule has 0 heterocycles. The zero-order valence-corrected chi connectivity index (χ0v) is 11.3. The van der Waals surface area contributed by atoms with Gasteiger partial charge in [0.05, 0.1) is 0 Å². The molecule has 1 atom stereocenters. The van der Waals surface area contributed by atoms with Gasteiger partial charge in [-0.25, -0.2) is 0 Å². The van der Waals surface area contributed by atoms with E-state index < -0.39 is 0 Å². The molecule has 1 amide bonds. The third-order valence-electron chi connectivity index (χ3n) is 4.09. The summed E-state index contributed by atoms with van der Waals surface area (Å²) >= 11 is 0. The van der Waals surface area contributed by atoms with Crippen LogP contribution in [0.5, 0.6) is 5.75 Å². The van der Waals surface area contributed by atoms with Gasteiger partial charge in [-0.1, -0.05) is 6.07 Å². The van der Waals surface area contributed by atoms with Crippen LogP contribution in [-0.4, -0.2) is 30.5 Å². The van der Waals surface area contributed by atoms with Crippen molar-refractivity contribution in [1.29, 1.82) is 0 Å². The Morgan fingerprint density at radius 2 is 2.21 bits per heavy atom. The summed E-state index contributed by atoms with van der Waals surface area (Å²) in [6, 6.07) is 6.55. The van der Waals surface area contributed by atoms with Crippen molar-refractivity contribution in [2.24, 2.45) is 5.73 Å². The predicted octanol–water partition coefficient (Wildman–Crippen LogP) is 1.63. The molecule has 2 N–H and O–H groups in total. The molecule has 0 bridgehead atoms. The third kappa shape index (κ3) is 2.59. The predicted molar refractivity (Wildman–Crippen MR) is 73.0 cm³/mol. The molecule has 1 aromatic rings. The topological polar surface area (TPSA) is 55.6 Å². The minimum absolute atomic E-state index is 0.0553.